The maximum atomic E-state index is 5.50. The maximum absolute atomic E-state index is 5.50. The molecule has 2 nitrogen and oxygen atoms in total. The van der Waals surface area contributed by atoms with E-state index in [-0.39, 0.29) is 0 Å². The summed E-state index contributed by atoms with van der Waals surface area (Å²) in [7, 11) is 1.82. The number of hydrogen-bond donors (Lipinski definition) is 1. The van der Waals surface area contributed by atoms with E-state index in [1.54, 1.807) is 0 Å². The Hall–Kier alpha value is -0.930. The Morgan fingerprint density at radius 1 is 1.42 bits per heavy atom. The van der Waals surface area contributed by atoms with Gasteiger partial charge < -0.3 is 10.1 Å². The molecule has 1 aromatic rings. The number of rotatable bonds is 6. The zero-order chi connectivity index (χ0) is 13.5. The van der Waals surface area contributed by atoms with E-state index in [1.165, 1.54) is 29.8 Å². The Labute approximate surface area is 120 Å². The third-order valence-electron chi connectivity index (χ3n) is 3.56. The lowest BCUT2D eigenvalue weighted by molar-refractivity contribution is 0.0669. The van der Waals surface area contributed by atoms with Crippen LogP contribution in [0.1, 0.15) is 25.7 Å². The van der Waals surface area contributed by atoms with Gasteiger partial charge in [0.05, 0.1) is 6.10 Å². The molecule has 0 heterocycles. The Morgan fingerprint density at radius 3 is 3.05 bits per heavy atom. The minimum absolute atomic E-state index is 0.416. The normalized spacial score (nSPS) is 23.0. The summed E-state index contributed by atoms with van der Waals surface area (Å²) in [5.74, 6) is 0.948. The first kappa shape index (κ1) is 14.5. The molecule has 0 bridgehead atoms. The fourth-order valence-corrected chi connectivity index (χ4v) is 3.33. The molecule has 0 aromatic heterocycles. The SMILES string of the molecule is C=CCSc1ccccc1NC1CCCC(OC)C1. The lowest BCUT2D eigenvalue weighted by atomic mass is 9.92. The summed E-state index contributed by atoms with van der Waals surface area (Å²) in [6, 6.07) is 9.06. The van der Waals surface area contributed by atoms with Gasteiger partial charge in [-0.15, -0.1) is 18.3 Å². The fraction of sp³-hybridized carbons (Fsp3) is 0.500. The second kappa shape index (κ2) is 7.61. The van der Waals surface area contributed by atoms with Crippen LogP contribution in [0, 0.1) is 0 Å². The van der Waals surface area contributed by atoms with Crippen molar-refractivity contribution in [3.05, 3.63) is 36.9 Å². The van der Waals surface area contributed by atoms with E-state index in [2.05, 4.69) is 36.2 Å². The molecule has 3 heteroatoms. The number of anilines is 1. The molecule has 1 saturated carbocycles. The van der Waals surface area contributed by atoms with Gasteiger partial charge in [-0.3, -0.25) is 0 Å². The van der Waals surface area contributed by atoms with Gasteiger partial charge in [0, 0.05) is 29.5 Å². The van der Waals surface area contributed by atoms with Gasteiger partial charge in [0.1, 0.15) is 0 Å². The molecule has 1 fully saturated rings. The van der Waals surface area contributed by atoms with E-state index >= 15 is 0 Å². The second-order valence-electron chi connectivity index (χ2n) is 4.96. The average Bonchev–Trinajstić information content (AvgIpc) is 2.46. The van der Waals surface area contributed by atoms with Gasteiger partial charge >= 0.3 is 0 Å². The summed E-state index contributed by atoms with van der Waals surface area (Å²) < 4.78 is 5.50. The predicted molar refractivity (Wildman–Crippen MR) is 84.0 cm³/mol. The van der Waals surface area contributed by atoms with E-state index in [4.69, 9.17) is 4.74 Å². The van der Waals surface area contributed by atoms with Crippen LogP contribution >= 0.6 is 11.8 Å². The van der Waals surface area contributed by atoms with Gasteiger partial charge in [-0.1, -0.05) is 18.2 Å². The quantitative estimate of drug-likeness (QED) is 0.617. The molecule has 0 spiro atoms. The average molecular weight is 277 g/mol. The molecule has 104 valence electrons. The second-order valence-corrected chi connectivity index (χ2v) is 6.02. The van der Waals surface area contributed by atoms with Crippen molar-refractivity contribution in [2.45, 2.75) is 42.7 Å². The van der Waals surface area contributed by atoms with Crippen molar-refractivity contribution in [1.29, 1.82) is 0 Å². The van der Waals surface area contributed by atoms with Crippen molar-refractivity contribution < 1.29 is 4.74 Å². The zero-order valence-electron chi connectivity index (χ0n) is 11.6. The van der Waals surface area contributed by atoms with Gasteiger partial charge in [-0.25, -0.2) is 0 Å². The maximum Gasteiger partial charge on any atom is 0.0590 e. The third kappa shape index (κ3) is 4.29. The summed E-state index contributed by atoms with van der Waals surface area (Å²) >= 11 is 1.83. The number of nitrogens with one attached hydrogen (secondary N) is 1. The highest BCUT2D eigenvalue weighted by atomic mass is 32.2. The Balaban J connectivity index is 1.99. The van der Waals surface area contributed by atoms with Gasteiger partial charge in [-0.05, 0) is 37.8 Å². The number of thioether (sulfide) groups is 1. The topological polar surface area (TPSA) is 21.3 Å². The molecule has 0 saturated heterocycles. The minimum Gasteiger partial charge on any atom is -0.381 e. The van der Waals surface area contributed by atoms with Crippen LogP contribution < -0.4 is 5.32 Å². The molecule has 0 radical (unpaired) electrons. The van der Waals surface area contributed by atoms with Crippen LogP contribution in [0.4, 0.5) is 5.69 Å². The Kier molecular flexibility index (Phi) is 5.80. The van der Waals surface area contributed by atoms with Crippen molar-refractivity contribution >= 4 is 17.4 Å². The number of benzene rings is 1. The van der Waals surface area contributed by atoms with E-state index < -0.39 is 0 Å². The molecule has 2 rings (SSSR count). The fourth-order valence-electron chi connectivity index (χ4n) is 2.57. The lowest BCUT2D eigenvalue weighted by Crippen LogP contribution is -2.31. The van der Waals surface area contributed by atoms with Crippen molar-refractivity contribution in [3.63, 3.8) is 0 Å². The Bertz CT molecular complexity index is 407. The zero-order valence-corrected chi connectivity index (χ0v) is 12.4. The van der Waals surface area contributed by atoms with Crippen LogP contribution in [-0.4, -0.2) is 25.0 Å². The van der Waals surface area contributed by atoms with Gasteiger partial charge in [0.15, 0.2) is 0 Å². The lowest BCUT2D eigenvalue weighted by Gasteiger charge is -2.30. The van der Waals surface area contributed by atoms with Crippen molar-refractivity contribution in [2.75, 3.05) is 18.2 Å². The van der Waals surface area contributed by atoms with Crippen LogP contribution in [0.15, 0.2) is 41.8 Å². The predicted octanol–water partition coefficient (Wildman–Crippen LogP) is 4.33. The van der Waals surface area contributed by atoms with Crippen LogP contribution in [0.5, 0.6) is 0 Å². The van der Waals surface area contributed by atoms with Gasteiger partial charge in [0.2, 0.25) is 0 Å². The molecule has 1 aliphatic rings. The summed E-state index contributed by atoms with van der Waals surface area (Å²) in [5.41, 5.74) is 1.25. The summed E-state index contributed by atoms with van der Waals surface area (Å²) in [6.07, 6.45) is 7.15. The van der Waals surface area contributed by atoms with Crippen molar-refractivity contribution in [2.24, 2.45) is 0 Å². The van der Waals surface area contributed by atoms with Crippen molar-refractivity contribution in [1.82, 2.24) is 0 Å². The van der Waals surface area contributed by atoms with E-state index in [0.717, 1.165) is 12.2 Å². The molecule has 19 heavy (non-hydrogen) atoms. The molecule has 2 unspecified atom stereocenters. The largest absolute Gasteiger partial charge is 0.381 e. The third-order valence-corrected chi connectivity index (χ3v) is 4.63. The monoisotopic (exact) mass is 277 g/mol. The van der Waals surface area contributed by atoms with Crippen LogP contribution in [-0.2, 0) is 4.74 Å². The van der Waals surface area contributed by atoms with Crippen LogP contribution in [0.25, 0.3) is 0 Å². The van der Waals surface area contributed by atoms with Crippen LogP contribution in [0.2, 0.25) is 0 Å². The standard InChI is InChI=1S/C16H23NOS/c1-3-11-19-16-10-5-4-9-15(16)17-13-7-6-8-14(12-13)18-2/h3-5,9-10,13-14,17H,1,6-8,11-12H2,2H3. The molecular formula is C16H23NOS. The summed E-state index contributed by atoms with van der Waals surface area (Å²) in [4.78, 5) is 1.31. The number of methoxy groups -OCH3 is 1. The van der Waals surface area contributed by atoms with Gasteiger partial charge in [-0.2, -0.15) is 0 Å². The van der Waals surface area contributed by atoms with Gasteiger partial charge in [0.25, 0.3) is 0 Å². The molecule has 1 N–H and O–H groups in total. The highest BCUT2D eigenvalue weighted by molar-refractivity contribution is 7.99. The molecule has 2 atom stereocenters. The number of ether oxygens (including phenoxy) is 1. The summed E-state index contributed by atoms with van der Waals surface area (Å²) in [5, 5.41) is 3.69. The van der Waals surface area contributed by atoms with Crippen LogP contribution in [0.3, 0.4) is 0 Å². The number of hydrogen-bond acceptors (Lipinski definition) is 3. The molecule has 0 amide bonds. The molecule has 1 aliphatic carbocycles. The van der Waals surface area contributed by atoms with E-state index in [0.29, 0.717) is 12.1 Å². The molecule has 0 aliphatic heterocycles. The highest BCUT2D eigenvalue weighted by Crippen LogP contribution is 2.30. The van der Waals surface area contributed by atoms with E-state index in [1.807, 2.05) is 24.9 Å². The summed E-state index contributed by atoms with van der Waals surface area (Å²) in [6.45, 7) is 3.78. The first-order chi connectivity index (χ1) is 9.33. The molecular weight excluding hydrogens is 254 g/mol. The van der Waals surface area contributed by atoms with Crippen molar-refractivity contribution in [3.8, 4) is 0 Å². The van der Waals surface area contributed by atoms with E-state index in [9.17, 15) is 0 Å². The smallest absolute Gasteiger partial charge is 0.0590 e. The first-order valence-electron chi connectivity index (χ1n) is 6.95. The first-order valence-corrected chi connectivity index (χ1v) is 7.94. The Morgan fingerprint density at radius 2 is 2.26 bits per heavy atom. The highest BCUT2D eigenvalue weighted by Gasteiger charge is 2.21. The number of para-hydroxylation sites is 1. The minimum atomic E-state index is 0.416. The molecule has 1 aromatic carbocycles.